The van der Waals surface area contributed by atoms with E-state index in [1.54, 1.807) is 37.4 Å². The molecule has 7 nitrogen and oxygen atoms in total. The molecule has 1 atom stereocenters. The lowest BCUT2D eigenvalue weighted by Crippen LogP contribution is -2.14. The van der Waals surface area contributed by atoms with Crippen LogP contribution in [0.25, 0.3) is 22.3 Å². The Hall–Kier alpha value is -4.44. The molecule has 7 heteroatoms. The lowest BCUT2D eigenvalue weighted by Gasteiger charge is -2.20. The van der Waals surface area contributed by atoms with Crippen molar-refractivity contribution in [2.75, 3.05) is 5.32 Å². The highest BCUT2D eigenvalue weighted by molar-refractivity contribution is 5.94. The highest BCUT2D eigenvalue weighted by Crippen LogP contribution is 2.46. The highest BCUT2D eigenvalue weighted by atomic mass is 16.4. The Bertz CT molecular complexity index is 1610. The van der Waals surface area contributed by atoms with Crippen LogP contribution < -0.4 is 10.7 Å². The molecule has 5 rings (SSSR count). The van der Waals surface area contributed by atoms with Crippen molar-refractivity contribution < 1.29 is 14.3 Å². The van der Waals surface area contributed by atoms with E-state index in [0.29, 0.717) is 33.5 Å². The van der Waals surface area contributed by atoms with E-state index in [0.717, 1.165) is 29.7 Å². The summed E-state index contributed by atoms with van der Waals surface area (Å²) in [5, 5.41) is 22.8. The van der Waals surface area contributed by atoms with E-state index >= 15 is 0 Å². The first-order valence-corrected chi connectivity index (χ1v) is 11.8. The molecule has 0 radical (unpaired) electrons. The predicted octanol–water partition coefficient (Wildman–Crippen LogP) is 5.90. The topological polar surface area (TPSA) is 116 Å². The second kappa shape index (κ2) is 8.65. The van der Waals surface area contributed by atoms with E-state index in [9.17, 15) is 20.0 Å². The molecule has 4 aromatic rings. The van der Waals surface area contributed by atoms with Crippen molar-refractivity contribution >= 4 is 22.6 Å². The van der Waals surface area contributed by atoms with Gasteiger partial charge in [-0.2, -0.15) is 5.26 Å². The summed E-state index contributed by atoms with van der Waals surface area (Å²) < 4.78 is 6.39. The molecule has 1 fully saturated rings. The molecule has 36 heavy (non-hydrogen) atoms. The van der Waals surface area contributed by atoms with Gasteiger partial charge in [0.1, 0.15) is 11.3 Å². The van der Waals surface area contributed by atoms with Gasteiger partial charge in [0.2, 0.25) is 0 Å². The third-order valence-electron chi connectivity index (χ3n) is 6.87. The van der Waals surface area contributed by atoms with Gasteiger partial charge in [0.15, 0.2) is 5.43 Å². The molecule has 180 valence electrons. The Balaban J connectivity index is 1.61. The van der Waals surface area contributed by atoms with Crippen LogP contribution >= 0.6 is 0 Å². The van der Waals surface area contributed by atoms with Crippen molar-refractivity contribution in [2.24, 2.45) is 0 Å². The lowest BCUT2D eigenvalue weighted by molar-refractivity contribution is 0.0698. The number of rotatable bonds is 6. The zero-order chi connectivity index (χ0) is 25.6. The molecular weight excluding hydrogens is 454 g/mol. The van der Waals surface area contributed by atoms with Crippen LogP contribution in [0.5, 0.6) is 0 Å². The molecule has 2 heterocycles. The van der Waals surface area contributed by atoms with Crippen LogP contribution in [-0.4, -0.2) is 16.1 Å². The summed E-state index contributed by atoms with van der Waals surface area (Å²) in [6.45, 7) is 5.55. The van der Waals surface area contributed by atoms with Crippen molar-refractivity contribution in [3.8, 4) is 17.4 Å². The number of carboxylic acid groups (broad SMARTS) is 1. The summed E-state index contributed by atoms with van der Waals surface area (Å²) in [4.78, 5) is 29.6. The molecule has 2 aromatic carbocycles. The third-order valence-corrected chi connectivity index (χ3v) is 6.87. The lowest BCUT2D eigenvalue weighted by atomic mass is 9.98. The number of para-hydroxylation sites is 1. The summed E-state index contributed by atoms with van der Waals surface area (Å²) in [6.07, 6.45) is 3.26. The minimum Gasteiger partial charge on any atom is -0.478 e. The molecule has 0 aliphatic heterocycles. The van der Waals surface area contributed by atoms with Gasteiger partial charge in [-0.1, -0.05) is 18.2 Å². The number of aromatic carboxylic acids is 1. The number of nitrogens with zero attached hydrogens (tertiary/aromatic N) is 2. The molecule has 2 aromatic heterocycles. The number of aromatic nitrogens is 1. The summed E-state index contributed by atoms with van der Waals surface area (Å²) in [5.74, 6) is -0.597. The number of fused-ring (bicyclic) bond motifs is 1. The van der Waals surface area contributed by atoms with Crippen molar-refractivity contribution in [3.05, 3.63) is 92.9 Å². The van der Waals surface area contributed by atoms with Gasteiger partial charge in [-0.05, 0) is 69.5 Å². The zero-order valence-electron chi connectivity index (χ0n) is 20.3. The Morgan fingerprint density at radius 3 is 2.58 bits per heavy atom. The first-order chi connectivity index (χ1) is 17.2. The van der Waals surface area contributed by atoms with E-state index in [2.05, 4.69) is 16.4 Å². The molecular formula is C29H25N3O4. The average Bonchev–Trinajstić information content (AvgIpc) is 3.68. The monoisotopic (exact) mass is 479 g/mol. The molecule has 1 saturated carbocycles. The number of anilines is 1. The number of benzene rings is 2. The standard InChI is InChI=1S/C29H25N3O4/c1-16-12-21(18(3)32-23-7-5-4-6-20(23)28(34)35)27-22(13-16)25(33)17(2)26(36-27)19-8-9-24(31-14-19)29(15-30)10-11-29/h4-9,12-14,18,32H,10-11H2,1-3H3,(H,34,35). The Labute approximate surface area is 208 Å². The number of carbonyl (C=O) groups is 1. The average molecular weight is 480 g/mol. The number of hydrogen-bond acceptors (Lipinski definition) is 6. The Morgan fingerprint density at radius 2 is 1.94 bits per heavy atom. The van der Waals surface area contributed by atoms with Gasteiger partial charge < -0.3 is 14.8 Å². The number of aryl methyl sites for hydroxylation is 1. The fourth-order valence-electron chi connectivity index (χ4n) is 4.63. The van der Waals surface area contributed by atoms with Crippen LogP contribution in [0.1, 0.15) is 58.5 Å². The molecule has 2 N–H and O–H groups in total. The molecule has 1 unspecified atom stereocenters. The fraction of sp³-hybridized carbons (Fsp3) is 0.241. The van der Waals surface area contributed by atoms with Crippen molar-refractivity contribution in [3.63, 3.8) is 0 Å². The van der Waals surface area contributed by atoms with Gasteiger partial charge >= 0.3 is 5.97 Å². The highest BCUT2D eigenvalue weighted by Gasteiger charge is 2.46. The number of nitriles is 1. The SMILES string of the molecule is Cc1cc(C(C)Nc2ccccc2C(=O)O)c2oc(-c3ccc(C4(C#N)CC4)nc3)c(C)c(=O)c2c1. The Kier molecular flexibility index (Phi) is 5.60. The van der Waals surface area contributed by atoms with Gasteiger partial charge in [-0.15, -0.1) is 0 Å². The summed E-state index contributed by atoms with van der Waals surface area (Å²) in [5.41, 5.74) is 3.98. The zero-order valence-corrected chi connectivity index (χ0v) is 20.3. The fourth-order valence-corrected chi connectivity index (χ4v) is 4.63. The van der Waals surface area contributed by atoms with Crippen molar-refractivity contribution in [2.45, 2.75) is 45.1 Å². The van der Waals surface area contributed by atoms with E-state index in [4.69, 9.17) is 4.42 Å². The largest absolute Gasteiger partial charge is 0.478 e. The van der Waals surface area contributed by atoms with Gasteiger partial charge in [0, 0.05) is 28.6 Å². The minimum atomic E-state index is -1.02. The molecule has 0 amide bonds. The van der Waals surface area contributed by atoms with E-state index in [1.807, 2.05) is 38.1 Å². The minimum absolute atomic E-state index is 0.130. The van der Waals surface area contributed by atoms with Crippen molar-refractivity contribution in [1.82, 2.24) is 4.98 Å². The second-order valence-electron chi connectivity index (χ2n) is 9.46. The van der Waals surface area contributed by atoms with Crippen LogP contribution in [0.2, 0.25) is 0 Å². The summed E-state index contributed by atoms with van der Waals surface area (Å²) >= 11 is 0. The van der Waals surface area contributed by atoms with E-state index < -0.39 is 11.4 Å². The predicted molar refractivity (Wildman–Crippen MR) is 137 cm³/mol. The molecule has 1 aliphatic carbocycles. The Morgan fingerprint density at radius 1 is 1.19 bits per heavy atom. The normalized spacial score (nSPS) is 14.7. The van der Waals surface area contributed by atoms with Crippen LogP contribution in [0.15, 0.2) is 63.9 Å². The first kappa shape index (κ1) is 23.3. The van der Waals surface area contributed by atoms with E-state index in [1.165, 1.54) is 0 Å². The third kappa shape index (κ3) is 3.91. The number of nitrogens with one attached hydrogen (secondary N) is 1. The van der Waals surface area contributed by atoms with E-state index in [-0.39, 0.29) is 17.0 Å². The number of pyridine rings is 1. The maximum absolute atomic E-state index is 13.4. The van der Waals surface area contributed by atoms with Crippen LogP contribution in [0.4, 0.5) is 5.69 Å². The quantitative estimate of drug-likeness (QED) is 0.354. The summed E-state index contributed by atoms with van der Waals surface area (Å²) in [7, 11) is 0. The van der Waals surface area contributed by atoms with Gasteiger partial charge in [-0.25, -0.2) is 4.79 Å². The van der Waals surface area contributed by atoms with Gasteiger partial charge in [-0.3, -0.25) is 9.78 Å². The molecule has 0 spiro atoms. The second-order valence-corrected chi connectivity index (χ2v) is 9.46. The van der Waals surface area contributed by atoms with Crippen LogP contribution in [-0.2, 0) is 5.41 Å². The first-order valence-electron chi connectivity index (χ1n) is 11.8. The number of carboxylic acids is 1. The van der Waals surface area contributed by atoms with Crippen molar-refractivity contribution in [1.29, 1.82) is 5.26 Å². The molecule has 0 saturated heterocycles. The van der Waals surface area contributed by atoms with Gasteiger partial charge in [0.25, 0.3) is 0 Å². The summed E-state index contributed by atoms with van der Waals surface area (Å²) in [6, 6.07) is 16.1. The van der Waals surface area contributed by atoms with Crippen LogP contribution in [0.3, 0.4) is 0 Å². The molecule has 1 aliphatic rings. The van der Waals surface area contributed by atoms with Gasteiger partial charge in [0.05, 0.1) is 34.2 Å². The van der Waals surface area contributed by atoms with Crippen LogP contribution in [0, 0.1) is 25.2 Å². The number of hydrogen-bond donors (Lipinski definition) is 2. The molecule has 0 bridgehead atoms. The maximum Gasteiger partial charge on any atom is 0.337 e. The maximum atomic E-state index is 13.4. The smallest absolute Gasteiger partial charge is 0.337 e.